The van der Waals surface area contributed by atoms with E-state index in [9.17, 15) is 35.9 Å². The molecule has 0 saturated carbocycles. The van der Waals surface area contributed by atoms with E-state index in [1.165, 1.54) is 18.3 Å². The molecule has 6 rings (SSSR count). The molecule has 0 spiro atoms. The molecule has 2 aliphatic heterocycles. The van der Waals surface area contributed by atoms with Crippen LogP contribution in [-0.4, -0.2) is 41.6 Å². The first-order valence-corrected chi connectivity index (χ1v) is 11.0. The number of hydrazine groups is 1. The highest BCUT2D eigenvalue weighted by atomic mass is 19.4. The smallest absolute Gasteiger partial charge is 0.321 e. The predicted molar refractivity (Wildman–Crippen MR) is 124 cm³/mol. The molecule has 0 atom stereocenters. The van der Waals surface area contributed by atoms with Gasteiger partial charge < -0.3 is 16.1 Å². The molecule has 2 aliphatic rings. The summed E-state index contributed by atoms with van der Waals surface area (Å²) in [5.41, 5.74) is 1.67. The third-order valence-electron chi connectivity index (χ3n) is 5.91. The van der Waals surface area contributed by atoms with Gasteiger partial charge in [0.05, 0.1) is 58.7 Å². The van der Waals surface area contributed by atoms with Gasteiger partial charge in [0.15, 0.2) is 11.5 Å². The number of pyridine rings is 1. The standard InChI is InChI=1S/C22H12F6N10O2/c23-21(24,25)12-5-9(6-29-18(12)38-31-3-4-32-38)34-20(40)11-8-33-37(17(11)22(26,27)28)14-2-1-13-15-10(19(39)35-13)7-30-36-16(14)15/h1-8,30,36H,(H,34,40)(H,35,39). The van der Waals surface area contributed by atoms with E-state index in [1.54, 1.807) is 0 Å². The van der Waals surface area contributed by atoms with Crippen molar-refractivity contribution in [3.63, 3.8) is 0 Å². The predicted octanol–water partition coefficient (Wildman–Crippen LogP) is 3.36. The summed E-state index contributed by atoms with van der Waals surface area (Å²) in [5.74, 6) is -2.57. The highest BCUT2D eigenvalue weighted by Crippen LogP contribution is 2.44. The van der Waals surface area contributed by atoms with Gasteiger partial charge in [0.1, 0.15) is 5.56 Å². The number of hydrogen-bond acceptors (Lipinski definition) is 8. The number of alkyl halides is 6. The van der Waals surface area contributed by atoms with E-state index in [0.29, 0.717) is 33.0 Å². The van der Waals surface area contributed by atoms with E-state index in [-0.39, 0.29) is 16.9 Å². The Bertz CT molecular complexity index is 1720. The van der Waals surface area contributed by atoms with E-state index in [2.05, 4.69) is 36.4 Å². The van der Waals surface area contributed by atoms with Crippen LogP contribution in [0.5, 0.6) is 0 Å². The molecule has 5 heterocycles. The SMILES string of the molecule is O=C1Nc2ccc(-n3ncc(C(=O)Nc4cnc(-n5nccn5)c(C(F)(F)F)c4)c3C(F)(F)F)c3c2C1=CNN3. The number of amides is 2. The molecule has 4 aromatic rings. The summed E-state index contributed by atoms with van der Waals surface area (Å²) in [7, 11) is 0. The normalized spacial score (nSPS) is 14.2. The van der Waals surface area contributed by atoms with Crippen molar-refractivity contribution in [3.05, 3.63) is 71.6 Å². The Morgan fingerprint density at radius 3 is 2.42 bits per heavy atom. The second-order valence-corrected chi connectivity index (χ2v) is 8.35. The van der Waals surface area contributed by atoms with Gasteiger partial charge in [-0.05, 0) is 18.2 Å². The number of nitrogens with one attached hydrogen (secondary N) is 4. The minimum absolute atomic E-state index is 0.0794. The highest BCUT2D eigenvalue weighted by Gasteiger charge is 2.42. The highest BCUT2D eigenvalue weighted by molar-refractivity contribution is 6.33. The average molecular weight is 562 g/mol. The van der Waals surface area contributed by atoms with Gasteiger partial charge in [0, 0.05) is 11.8 Å². The molecule has 12 nitrogen and oxygen atoms in total. The van der Waals surface area contributed by atoms with Crippen LogP contribution in [0.2, 0.25) is 0 Å². The van der Waals surface area contributed by atoms with Crippen molar-refractivity contribution in [1.82, 2.24) is 35.2 Å². The zero-order valence-electron chi connectivity index (χ0n) is 19.4. The minimum atomic E-state index is -5.13. The maximum atomic E-state index is 14.3. The Kier molecular flexibility index (Phi) is 5.32. The fraction of sp³-hybridized carbons (Fsp3) is 0.0909. The monoisotopic (exact) mass is 562 g/mol. The average Bonchev–Trinajstić information content (AvgIpc) is 3.64. The zero-order chi connectivity index (χ0) is 28.4. The topological polar surface area (TPSA) is 144 Å². The van der Waals surface area contributed by atoms with Gasteiger partial charge in [-0.25, -0.2) is 9.67 Å². The van der Waals surface area contributed by atoms with Crippen LogP contribution in [0.25, 0.3) is 17.1 Å². The molecular weight excluding hydrogens is 550 g/mol. The van der Waals surface area contributed by atoms with Gasteiger partial charge in [0.2, 0.25) is 0 Å². The number of carbonyl (C=O) groups is 2. The van der Waals surface area contributed by atoms with Crippen LogP contribution >= 0.6 is 0 Å². The number of aromatic nitrogens is 6. The Labute approximate surface area is 217 Å². The van der Waals surface area contributed by atoms with Crippen molar-refractivity contribution < 1.29 is 35.9 Å². The van der Waals surface area contributed by atoms with Crippen LogP contribution < -0.4 is 21.5 Å². The van der Waals surface area contributed by atoms with Crippen LogP contribution in [0.1, 0.15) is 27.2 Å². The second-order valence-electron chi connectivity index (χ2n) is 8.35. The van der Waals surface area contributed by atoms with Crippen molar-refractivity contribution in [2.45, 2.75) is 12.4 Å². The number of rotatable bonds is 4. The first kappa shape index (κ1) is 24.9. The number of halogens is 6. The molecule has 4 N–H and O–H groups in total. The molecule has 0 bridgehead atoms. The molecule has 3 aromatic heterocycles. The Morgan fingerprint density at radius 1 is 0.975 bits per heavy atom. The molecule has 40 heavy (non-hydrogen) atoms. The van der Waals surface area contributed by atoms with Gasteiger partial charge in [-0.3, -0.25) is 15.0 Å². The van der Waals surface area contributed by atoms with Crippen molar-refractivity contribution in [1.29, 1.82) is 0 Å². The number of carbonyl (C=O) groups excluding carboxylic acids is 2. The lowest BCUT2D eigenvalue weighted by atomic mass is 10.0. The lowest BCUT2D eigenvalue weighted by molar-refractivity contribution is -0.143. The van der Waals surface area contributed by atoms with E-state index < -0.39 is 52.5 Å². The fourth-order valence-electron chi connectivity index (χ4n) is 4.29. The molecule has 0 saturated heterocycles. The van der Waals surface area contributed by atoms with E-state index >= 15 is 0 Å². The molecule has 0 unspecified atom stereocenters. The molecular formula is C22H12F6N10O2. The number of nitrogens with zero attached hydrogens (tertiary/aromatic N) is 6. The van der Waals surface area contributed by atoms with Crippen LogP contribution in [0.15, 0.2) is 49.2 Å². The van der Waals surface area contributed by atoms with E-state index in [0.717, 1.165) is 18.6 Å². The van der Waals surface area contributed by atoms with Gasteiger partial charge in [-0.1, -0.05) is 0 Å². The molecule has 0 aliphatic carbocycles. The molecule has 204 valence electrons. The van der Waals surface area contributed by atoms with Gasteiger partial charge in [0.25, 0.3) is 11.8 Å². The van der Waals surface area contributed by atoms with E-state index in [4.69, 9.17) is 0 Å². The zero-order valence-corrected chi connectivity index (χ0v) is 19.4. The van der Waals surface area contributed by atoms with Crippen molar-refractivity contribution in [2.24, 2.45) is 0 Å². The van der Waals surface area contributed by atoms with Crippen molar-refractivity contribution in [2.75, 3.05) is 16.1 Å². The molecule has 0 fully saturated rings. The Hall–Kier alpha value is -5.42. The van der Waals surface area contributed by atoms with Crippen molar-refractivity contribution in [3.8, 4) is 11.5 Å². The maximum Gasteiger partial charge on any atom is 0.434 e. The molecule has 2 amide bonds. The second kappa shape index (κ2) is 8.55. The molecule has 18 heteroatoms. The lowest BCUT2D eigenvalue weighted by Crippen LogP contribution is -2.25. The van der Waals surface area contributed by atoms with Crippen LogP contribution in [-0.2, 0) is 17.1 Å². The van der Waals surface area contributed by atoms with Gasteiger partial charge in [-0.15, -0.1) is 4.80 Å². The third-order valence-corrected chi connectivity index (χ3v) is 5.91. The van der Waals surface area contributed by atoms with Crippen LogP contribution in [0.3, 0.4) is 0 Å². The van der Waals surface area contributed by atoms with Gasteiger partial charge in [-0.2, -0.15) is 41.6 Å². The van der Waals surface area contributed by atoms with Crippen molar-refractivity contribution >= 4 is 34.4 Å². The first-order valence-electron chi connectivity index (χ1n) is 11.0. The first-order chi connectivity index (χ1) is 18.9. The number of benzene rings is 1. The molecule has 1 aromatic carbocycles. The Morgan fingerprint density at radius 2 is 1.73 bits per heavy atom. The summed E-state index contributed by atoms with van der Waals surface area (Å²) in [6.07, 6.45) is -5.05. The van der Waals surface area contributed by atoms with E-state index in [1.807, 2.05) is 5.32 Å². The lowest BCUT2D eigenvalue weighted by Gasteiger charge is -2.21. The number of hydrogen-bond donors (Lipinski definition) is 4. The number of anilines is 3. The maximum absolute atomic E-state index is 14.3. The minimum Gasteiger partial charge on any atom is -0.321 e. The third kappa shape index (κ3) is 3.96. The summed E-state index contributed by atoms with van der Waals surface area (Å²) in [6, 6.07) is 3.13. The fourth-order valence-corrected chi connectivity index (χ4v) is 4.29. The van der Waals surface area contributed by atoms with Gasteiger partial charge >= 0.3 is 12.4 Å². The summed E-state index contributed by atoms with van der Waals surface area (Å²) < 4.78 is 84.4. The summed E-state index contributed by atoms with van der Waals surface area (Å²) in [4.78, 5) is 29.4. The quantitative estimate of drug-likeness (QED) is 0.278. The molecule has 0 radical (unpaired) electrons. The Balaban J connectivity index is 1.40. The summed E-state index contributed by atoms with van der Waals surface area (Å²) in [6.45, 7) is 0. The van der Waals surface area contributed by atoms with Crippen LogP contribution in [0.4, 0.5) is 43.4 Å². The summed E-state index contributed by atoms with van der Waals surface area (Å²) >= 11 is 0. The summed E-state index contributed by atoms with van der Waals surface area (Å²) in [5, 5.41) is 15.6. The van der Waals surface area contributed by atoms with Crippen LogP contribution in [0, 0.1) is 0 Å². The largest absolute Gasteiger partial charge is 0.434 e.